The number of hydrogen-bond donors (Lipinski definition) is 2. The number of hydrogen-bond acceptors (Lipinski definition) is 5. The van der Waals surface area contributed by atoms with Crippen LogP contribution in [0.25, 0.3) is 5.69 Å². The number of thiocarbonyl (C=S) groups is 1. The van der Waals surface area contributed by atoms with Gasteiger partial charge in [0, 0.05) is 47.7 Å². The van der Waals surface area contributed by atoms with E-state index in [1.54, 1.807) is 12.3 Å². The molecular weight excluding hydrogens is 565 g/mol. The number of benzene rings is 2. The van der Waals surface area contributed by atoms with Crippen molar-refractivity contribution in [3.63, 3.8) is 0 Å². The summed E-state index contributed by atoms with van der Waals surface area (Å²) in [6.07, 6.45) is 2.95. The van der Waals surface area contributed by atoms with Gasteiger partial charge in [-0.2, -0.15) is 0 Å². The second-order valence-corrected chi connectivity index (χ2v) is 12.9. The quantitative estimate of drug-likeness (QED) is 0.221. The lowest BCUT2D eigenvalue weighted by Gasteiger charge is -2.29. The number of sulfonamides is 1. The maximum atomic E-state index is 11.9. The van der Waals surface area contributed by atoms with Crippen LogP contribution in [-0.4, -0.2) is 42.4 Å². The molecule has 0 aliphatic carbocycles. The standard InChI is InChI=1S/C32H38N6O2S2/c1-7-36(8-2)24-12-14-25(15-13-24)37-22(4)20-27(23(37)5)31-30(29-11-9-10-18-33-29)34-32(41)38(31)26-16-17-28(21(3)19-26)35-42(6,39)40/h9-20,30-31,35H,7-8H2,1-6H3,(H,34,41)/t30-,31+/m1/s1. The van der Waals surface area contributed by atoms with Gasteiger partial charge in [0.05, 0.1) is 29.7 Å². The zero-order chi connectivity index (χ0) is 30.2. The molecule has 1 aliphatic rings. The number of rotatable bonds is 9. The van der Waals surface area contributed by atoms with E-state index >= 15 is 0 Å². The van der Waals surface area contributed by atoms with E-state index in [0.717, 1.165) is 58.9 Å². The minimum atomic E-state index is -3.40. The van der Waals surface area contributed by atoms with E-state index in [4.69, 9.17) is 17.2 Å². The van der Waals surface area contributed by atoms with Crippen molar-refractivity contribution in [2.24, 2.45) is 0 Å². The zero-order valence-electron chi connectivity index (χ0n) is 24.9. The Hall–Kier alpha value is -3.89. The van der Waals surface area contributed by atoms with E-state index in [0.29, 0.717) is 10.8 Å². The van der Waals surface area contributed by atoms with Gasteiger partial charge in [-0.3, -0.25) is 9.71 Å². The van der Waals surface area contributed by atoms with Crippen molar-refractivity contribution in [2.75, 3.05) is 33.9 Å². The lowest BCUT2D eigenvalue weighted by atomic mass is 9.96. The number of aryl methyl sites for hydroxylation is 2. The van der Waals surface area contributed by atoms with Crippen LogP contribution in [0.5, 0.6) is 0 Å². The van der Waals surface area contributed by atoms with Crippen molar-refractivity contribution >= 4 is 44.4 Å². The van der Waals surface area contributed by atoms with Crippen molar-refractivity contribution in [1.82, 2.24) is 14.9 Å². The topological polar surface area (TPSA) is 82.5 Å². The maximum absolute atomic E-state index is 11.9. The van der Waals surface area contributed by atoms with Crippen molar-refractivity contribution in [2.45, 2.75) is 46.7 Å². The van der Waals surface area contributed by atoms with E-state index in [1.807, 2.05) is 37.3 Å². The summed E-state index contributed by atoms with van der Waals surface area (Å²) in [7, 11) is -3.40. The van der Waals surface area contributed by atoms with Gasteiger partial charge < -0.3 is 19.7 Å². The molecule has 1 aliphatic heterocycles. The lowest BCUT2D eigenvalue weighted by molar-refractivity contribution is 0.565. The van der Waals surface area contributed by atoms with Crippen LogP contribution in [-0.2, 0) is 10.0 Å². The molecule has 1 fully saturated rings. The summed E-state index contributed by atoms with van der Waals surface area (Å²) in [6.45, 7) is 12.4. The Morgan fingerprint density at radius 3 is 2.26 bits per heavy atom. The molecule has 0 spiro atoms. The Morgan fingerprint density at radius 2 is 1.67 bits per heavy atom. The minimum Gasteiger partial charge on any atom is -0.372 e. The van der Waals surface area contributed by atoms with Crippen molar-refractivity contribution in [1.29, 1.82) is 0 Å². The highest BCUT2D eigenvalue weighted by Crippen LogP contribution is 2.44. The summed E-state index contributed by atoms with van der Waals surface area (Å²) in [5.74, 6) is 0. The van der Waals surface area contributed by atoms with E-state index in [2.05, 4.69) is 82.4 Å². The summed E-state index contributed by atoms with van der Waals surface area (Å²) < 4.78 is 28.7. The van der Waals surface area contributed by atoms with Gasteiger partial charge in [-0.05, 0) is 119 Å². The van der Waals surface area contributed by atoms with Crippen LogP contribution in [0.3, 0.4) is 0 Å². The molecule has 2 aromatic heterocycles. The van der Waals surface area contributed by atoms with Crippen LogP contribution in [0.4, 0.5) is 17.1 Å². The molecule has 10 heteroatoms. The molecule has 2 atom stereocenters. The van der Waals surface area contributed by atoms with E-state index in [1.165, 1.54) is 5.69 Å². The Bertz CT molecular complexity index is 1700. The average molecular weight is 603 g/mol. The first kappa shape index (κ1) is 29.6. The van der Waals surface area contributed by atoms with Crippen LogP contribution in [0.2, 0.25) is 0 Å². The predicted octanol–water partition coefficient (Wildman–Crippen LogP) is 6.19. The van der Waals surface area contributed by atoms with Crippen LogP contribution >= 0.6 is 12.2 Å². The summed E-state index contributed by atoms with van der Waals surface area (Å²) in [5.41, 5.74) is 8.82. The number of pyridine rings is 1. The Labute approximate surface area is 254 Å². The third-order valence-electron chi connectivity index (χ3n) is 7.91. The van der Waals surface area contributed by atoms with Crippen LogP contribution in [0.1, 0.15) is 54.1 Å². The molecule has 1 saturated heterocycles. The summed E-state index contributed by atoms with van der Waals surface area (Å²) in [6, 6.07) is 22.2. The smallest absolute Gasteiger partial charge is 0.229 e. The molecule has 5 rings (SSSR count). The molecule has 8 nitrogen and oxygen atoms in total. The average Bonchev–Trinajstić information content (AvgIpc) is 3.45. The van der Waals surface area contributed by atoms with Gasteiger partial charge in [0.1, 0.15) is 0 Å². The Kier molecular flexibility index (Phi) is 8.30. The first-order valence-electron chi connectivity index (χ1n) is 14.2. The largest absolute Gasteiger partial charge is 0.372 e. The Morgan fingerprint density at radius 1 is 0.976 bits per heavy atom. The second-order valence-electron chi connectivity index (χ2n) is 10.7. The van der Waals surface area contributed by atoms with E-state index in [-0.39, 0.29) is 12.1 Å². The molecule has 2 N–H and O–H groups in total. The van der Waals surface area contributed by atoms with Gasteiger partial charge in [-0.15, -0.1) is 0 Å². The minimum absolute atomic E-state index is 0.185. The lowest BCUT2D eigenvalue weighted by Crippen LogP contribution is -2.29. The van der Waals surface area contributed by atoms with Crippen molar-refractivity contribution in [3.05, 3.63) is 101 Å². The number of aromatic nitrogens is 2. The fourth-order valence-electron chi connectivity index (χ4n) is 5.95. The third kappa shape index (κ3) is 5.73. The highest BCUT2D eigenvalue weighted by Gasteiger charge is 2.42. The molecule has 0 amide bonds. The number of anilines is 3. The molecule has 42 heavy (non-hydrogen) atoms. The summed E-state index contributed by atoms with van der Waals surface area (Å²) in [5, 5.41) is 4.13. The third-order valence-corrected chi connectivity index (χ3v) is 8.81. The fourth-order valence-corrected chi connectivity index (χ4v) is 6.92. The molecule has 0 bridgehead atoms. The number of nitrogens with zero attached hydrogens (tertiary/aromatic N) is 4. The van der Waals surface area contributed by atoms with Gasteiger partial charge in [0.2, 0.25) is 10.0 Å². The van der Waals surface area contributed by atoms with Crippen LogP contribution < -0.4 is 19.8 Å². The zero-order valence-corrected chi connectivity index (χ0v) is 26.6. The second kappa shape index (κ2) is 11.8. The highest BCUT2D eigenvalue weighted by atomic mass is 32.2. The SMILES string of the molecule is CCN(CC)c1ccc(-n2c(C)cc([C@H]3[C@@H](c4ccccn4)NC(=S)N3c3ccc(NS(C)(=O)=O)c(C)c3)c2C)cc1. The molecular formula is C32H38N6O2S2. The van der Waals surface area contributed by atoms with Gasteiger partial charge in [-0.1, -0.05) is 6.07 Å². The van der Waals surface area contributed by atoms with Gasteiger partial charge in [0.25, 0.3) is 0 Å². The van der Waals surface area contributed by atoms with Gasteiger partial charge >= 0.3 is 0 Å². The molecule has 2 aromatic carbocycles. The Balaban J connectivity index is 1.60. The monoisotopic (exact) mass is 602 g/mol. The molecule has 220 valence electrons. The molecule has 0 saturated carbocycles. The molecule has 0 unspecified atom stereocenters. The molecule has 4 aromatic rings. The predicted molar refractivity (Wildman–Crippen MR) is 176 cm³/mol. The van der Waals surface area contributed by atoms with Crippen LogP contribution in [0.15, 0.2) is 72.9 Å². The maximum Gasteiger partial charge on any atom is 0.229 e. The van der Waals surface area contributed by atoms with Crippen molar-refractivity contribution in [3.8, 4) is 5.69 Å². The van der Waals surface area contributed by atoms with Gasteiger partial charge in [0.15, 0.2) is 5.11 Å². The van der Waals surface area contributed by atoms with E-state index in [9.17, 15) is 8.42 Å². The van der Waals surface area contributed by atoms with Crippen molar-refractivity contribution < 1.29 is 8.42 Å². The summed E-state index contributed by atoms with van der Waals surface area (Å²) >= 11 is 5.94. The first-order valence-corrected chi connectivity index (χ1v) is 16.5. The number of nitrogens with one attached hydrogen (secondary N) is 2. The first-order chi connectivity index (χ1) is 20.0. The highest BCUT2D eigenvalue weighted by molar-refractivity contribution is 7.92. The van der Waals surface area contributed by atoms with E-state index < -0.39 is 10.0 Å². The molecule has 0 radical (unpaired) electrons. The summed E-state index contributed by atoms with van der Waals surface area (Å²) in [4.78, 5) is 9.16. The van der Waals surface area contributed by atoms with Crippen LogP contribution in [0, 0.1) is 20.8 Å². The normalized spacial score (nSPS) is 16.9. The molecule has 3 heterocycles. The fraction of sp³-hybridized carbons (Fsp3) is 0.312. The van der Waals surface area contributed by atoms with Gasteiger partial charge in [-0.25, -0.2) is 8.42 Å².